The van der Waals surface area contributed by atoms with Gasteiger partial charge in [0.05, 0.1) is 0 Å². The maximum atomic E-state index is 4.43. The summed E-state index contributed by atoms with van der Waals surface area (Å²) in [5, 5.41) is 0. The normalized spacial score (nSPS) is 9.93. The average Bonchev–Trinajstić information content (AvgIpc) is 2.33. The predicted octanol–water partition coefficient (Wildman–Crippen LogP) is 0.945. The topological polar surface area (TPSA) is 25.8 Å². The van der Waals surface area contributed by atoms with Crippen molar-refractivity contribution in [3.05, 3.63) is 48.8 Å². The van der Waals surface area contributed by atoms with Gasteiger partial charge in [-0.05, 0) is 27.5 Å². The number of rotatable bonds is 3. The Balaban J connectivity index is 2.34. The summed E-state index contributed by atoms with van der Waals surface area (Å²) in [6.45, 7) is 0. The summed E-state index contributed by atoms with van der Waals surface area (Å²) >= 11 is -1.24. The van der Waals surface area contributed by atoms with E-state index in [9.17, 15) is 0 Å². The van der Waals surface area contributed by atoms with Gasteiger partial charge in [-0.15, -0.1) is 0 Å². The summed E-state index contributed by atoms with van der Waals surface area (Å²) < 4.78 is 2.40. The van der Waals surface area contributed by atoms with Crippen LogP contribution in [0.15, 0.2) is 48.8 Å². The molecule has 0 radical (unpaired) electrons. The van der Waals surface area contributed by atoms with Crippen molar-refractivity contribution in [1.29, 1.82) is 0 Å². The maximum Gasteiger partial charge on any atom is 0.477 e. The molecule has 0 fully saturated rings. The molecular weight excluding hydrogens is 219 g/mol. The van der Waals surface area contributed by atoms with Crippen molar-refractivity contribution in [3.63, 3.8) is 0 Å². The predicted molar refractivity (Wildman–Crippen MR) is 67.0 cm³/mol. The lowest BCUT2D eigenvalue weighted by molar-refractivity contribution is 1.36. The van der Waals surface area contributed by atoms with E-state index in [-0.39, 0.29) is 0 Å². The van der Waals surface area contributed by atoms with Gasteiger partial charge in [-0.1, -0.05) is 24.3 Å². The van der Waals surface area contributed by atoms with Gasteiger partial charge in [-0.2, -0.15) is 0 Å². The highest BCUT2D eigenvalue weighted by atomic mass is 32.3. The van der Waals surface area contributed by atoms with Crippen LogP contribution >= 0.6 is 10.1 Å². The van der Waals surface area contributed by atoms with Crippen LogP contribution in [0.2, 0.25) is 0 Å². The fourth-order valence-electron chi connectivity index (χ4n) is 1.46. The Morgan fingerprint density at radius 3 is 1.80 bits per heavy atom. The first-order valence-corrected chi connectivity index (χ1v) is 8.62. The molecule has 2 aromatic rings. The van der Waals surface area contributed by atoms with Gasteiger partial charge in [0.15, 0.2) is 0 Å². The van der Waals surface area contributed by atoms with Crippen LogP contribution in [0.25, 0.3) is 0 Å². The van der Waals surface area contributed by atoms with Crippen LogP contribution in [-0.2, 0) is 0 Å². The van der Waals surface area contributed by atoms with Gasteiger partial charge in [-0.3, -0.25) is 9.97 Å². The molecule has 2 nitrogen and oxygen atoms in total. The lowest BCUT2D eigenvalue weighted by Crippen LogP contribution is -2.42. The van der Waals surface area contributed by atoms with Crippen LogP contribution in [0, 0.1) is 0 Å². The van der Waals surface area contributed by atoms with E-state index in [1.165, 1.54) is 9.11 Å². The summed E-state index contributed by atoms with van der Waals surface area (Å²) in [5.74, 6) is 0. The zero-order chi connectivity index (χ0) is 10.5. The first-order chi connectivity index (χ1) is 7.42. The Labute approximate surface area is 97.2 Å². The van der Waals surface area contributed by atoms with Gasteiger partial charge in [0.25, 0.3) is 0 Å². The largest absolute Gasteiger partial charge is 0.477 e. The minimum absolute atomic E-state index is 1.20. The van der Waals surface area contributed by atoms with Crippen molar-refractivity contribution < 1.29 is 0 Å². The van der Waals surface area contributed by atoms with E-state index in [2.05, 4.69) is 28.4 Å². The number of pyridine rings is 2. The SMILES string of the molecule is C[S][Al]([c]1ccccn1)[c]1ccccn1. The summed E-state index contributed by atoms with van der Waals surface area (Å²) in [4.78, 5) is 8.85. The molecule has 4 heteroatoms. The first kappa shape index (κ1) is 10.7. The van der Waals surface area contributed by atoms with Crippen LogP contribution in [0.4, 0.5) is 0 Å². The smallest absolute Gasteiger partial charge is 0.278 e. The first-order valence-electron chi connectivity index (χ1n) is 4.76. The third kappa shape index (κ3) is 2.60. The Bertz CT molecular complexity index is 368. The second-order valence-corrected chi connectivity index (χ2v) is 8.37. The molecule has 0 spiro atoms. The quantitative estimate of drug-likeness (QED) is 0.734. The zero-order valence-corrected chi connectivity index (χ0v) is 10.5. The molecule has 0 N–H and O–H groups in total. The Kier molecular flexibility index (Phi) is 3.79. The monoisotopic (exact) mass is 230 g/mol. The minimum Gasteiger partial charge on any atom is -0.278 e. The Morgan fingerprint density at radius 1 is 0.933 bits per heavy atom. The molecule has 0 bridgehead atoms. The fourth-order valence-corrected chi connectivity index (χ4v) is 5.54. The Morgan fingerprint density at radius 2 is 1.47 bits per heavy atom. The number of aromatic nitrogens is 2. The molecule has 0 aliphatic heterocycles. The van der Waals surface area contributed by atoms with E-state index < -0.39 is 13.0 Å². The van der Waals surface area contributed by atoms with Crippen molar-refractivity contribution >= 4 is 32.3 Å². The van der Waals surface area contributed by atoms with Crippen molar-refractivity contribution in [2.24, 2.45) is 0 Å². The van der Waals surface area contributed by atoms with E-state index in [1.807, 2.05) is 46.8 Å². The van der Waals surface area contributed by atoms with Gasteiger partial charge in [0, 0.05) is 12.4 Å². The molecule has 0 saturated heterocycles. The lowest BCUT2D eigenvalue weighted by Gasteiger charge is -2.07. The van der Waals surface area contributed by atoms with E-state index in [0.29, 0.717) is 0 Å². The summed E-state index contributed by atoms with van der Waals surface area (Å²) in [6, 6.07) is 12.2. The molecule has 0 aromatic carbocycles. The van der Waals surface area contributed by atoms with Crippen LogP contribution < -0.4 is 9.11 Å². The molecule has 74 valence electrons. The molecule has 0 saturated carbocycles. The maximum absolute atomic E-state index is 4.43. The molecule has 2 heterocycles. The molecule has 2 aromatic heterocycles. The van der Waals surface area contributed by atoms with E-state index in [0.717, 1.165) is 0 Å². The standard InChI is InChI=1S/2C5H4N.CH4S.Al/c2*1-2-4-6-5-3-1;1-2;/h2*1-4H;2H,1H3;/q;;;+1/p-1. The zero-order valence-electron chi connectivity index (χ0n) is 8.50. The van der Waals surface area contributed by atoms with E-state index >= 15 is 0 Å². The van der Waals surface area contributed by atoms with Gasteiger partial charge in [0.2, 0.25) is 0 Å². The third-order valence-electron chi connectivity index (χ3n) is 2.15. The molecular formula is C11H11AlN2S. The lowest BCUT2D eigenvalue weighted by atomic mass is 10.5. The average molecular weight is 230 g/mol. The molecule has 0 aliphatic carbocycles. The van der Waals surface area contributed by atoms with Crippen molar-refractivity contribution in [1.82, 2.24) is 9.97 Å². The van der Waals surface area contributed by atoms with Crippen LogP contribution in [0.5, 0.6) is 0 Å². The summed E-state index contributed by atoms with van der Waals surface area (Å²) in [7, 11) is 1.89. The Hall–Kier alpha value is -0.818. The molecule has 0 aliphatic rings. The number of hydrogen-bond acceptors (Lipinski definition) is 3. The molecule has 0 amide bonds. The second kappa shape index (κ2) is 5.32. The van der Waals surface area contributed by atoms with Crippen LogP contribution in [0.1, 0.15) is 0 Å². The molecule has 2 rings (SSSR count). The highest BCUT2D eigenvalue weighted by Gasteiger charge is 2.24. The van der Waals surface area contributed by atoms with Crippen LogP contribution in [0.3, 0.4) is 0 Å². The van der Waals surface area contributed by atoms with Crippen molar-refractivity contribution in [2.45, 2.75) is 0 Å². The van der Waals surface area contributed by atoms with Crippen molar-refractivity contribution in [2.75, 3.05) is 6.26 Å². The van der Waals surface area contributed by atoms with Gasteiger partial charge < -0.3 is 0 Å². The van der Waals surface area contributed by atoms with Gasteiger partial charge >= 0.3 is 13.0 Å². The van der Waals surface area contributed by atoms with Gasteiger partial charge in [0.1, 0.15) is 0 Å². The summed E-state index contributed by atoms with van der Waals surface area (Å²) in [6.07, 6.45) is 5.85. The molecule has 15 heavy (non-hydrogen) atoms. The second-order valence-electron chi connectivity index (χ2n) is 3.12. The minimum atomic E-state index is -1.24. The third-order valence-corrected chi connectivity index (χ3v) is 7.24. The van der Waals surface area contributed by atoms with E-state index in [1.54, 1.807) is 0 Å². The van der Waals surface area contributed by atoms with Crippen molar-refractivity contribution in [3.8, 4) is 0 Å². The molecule has 0 unspecified atom stereocenters. The number of hydrogen-bond donors (Lipinski definition) is 0. The summed E-state index contributed by atoms with van der Waals surface area (Å²) in [5.41, 5.74) is 0. The van der Waals surface area contributed by atoms with E-state index in [4.69, 9.17) is 0 Å². The molecule has 0 atom stereocenters. The van der Waals surface area contributed by atoms with Gasteiger partial charge in [-0.25, -0.2) is 10.1 Å². The fraction of sp³-hybridized carbons (Fsp3) is 0.0909. The number of nitrogens with zero attached hydrogens (tertiary/aromatic N) is 2. The van der Waals surface area contributed by atoms with Crippen LogP contribution in [-0.4, -0.2) is 29.2 Å². The highest BCUT2D eigenvalue weighted by molar-refractivity contribution is 8.27. The highest BCUT2D eigenvalue weighted by Crippen LogP contribution is 2.00.